The van der Waals surface area contributed by atoms with Crippen LogP contribution >= 0.6 is 11.6 Å². The summed E-state index contributed by atoms with van der Waals surface area (Å²) in [6, 6.07) is 19.2. The van der Waals surface area contributed by atoms with Gasteiger partial charge in [0.15, 0.2) is 11.5 Å². The van der Waals surface area contributed by atoms with E-state index >= 15 is 0 Å². The third-order valence-electron chi connectivity index (χ3n) is 6.28. The van der Waals surface area contributed by atoms with Crippen LogP contribution in [0.15, 0.2) is 72.9 Å². The van der Waals surface area contributed by atoms with E-state index in [0.717, 1.165) is 5.56 Å². The molecule has 4 rings (SSSR count). The number of hydrogen-bond donors (Lipinski definition) is 1. The van der Waals surface area contributed by atoms with Gasteiger partial charge in [0, 0.05) is 34.5 Å². The highest BCUT2D eigenvalue weighted by molar-refractivity contribution is 6.30. The average molecular weight is 563 g/mol. The largest absolute Gasteiger partial charge is 0.497 e. The topological polar surface area (TPSA) is 94.9 Å². The van der Waals surface area contributed by atoms with E-state index in [1.54, 1.807) is 74.4 Å². The third-order valence-corrected chi connectivity index (χ3v) is 6.53. The van der Waals surface area contributed by atoms with E-state index in [9.17, 15) is 9.59 Å². The molecule has 9 nitrogen and oxygen atoms in total. The van der Waals surface area contributed by atoms with Crippen LogP contribution in [0.3, 0.4) is 0 Å². The number of ether oxygens (including phenoxy) is 3. The molecular weight excluding hydrogens is 532 g/mol. The highest BCUT2D eigenvalue weighted by atomic mass is 35.5. The van der Waals surface area contributed by atoms with Crippen LogP contribution < -0.4 is 19.5 Å². The van der Waals surface area contributed by atoms with Gasteiger partial charge in [-0.2, -0.15) is 0 Å². The Hall–Kier alpha value is -4.50. The maximum Gasteiger partial charge on any atom is 0.254 e. The zero-order valence-corrected chi connectivity index (χ0v) is 23.7. The minimum Gasteiger partial charge on any atom is -0.497 e. The van der Waals surface area contributed by atoms with Crippen LogP contribution in [0.5, 0.6) is 17.2 Å². The smallest absolute Gasteiger partial charge is 0.254 e. The van der Waals surface area contributed by atoms with Crippen molar-refractivity contribution in [1.82, 2.24) is 14.5 Å². The lowest BCUT2D eigenvalue weighted by Crippen LogP contribution is -2.42. The van der Waals surface area contributed by atoms with Crippen LogP contribution in [0.2, 0.25) is 5.02 Å². The number of imidazole rings is 1. The molecule has 3 aromatic carbocycles. The summed E-state index contributed by atoms with van der Waals surface area (Å²) in [6.45, 7) is 3.55. The molecular formula is C30H31ClN4O5. The molecule has 0 aliphatic heterocycles. The molecule has 2 amide bonds. The average Bonchev–Trinajstić information content (AvgIpc) is 3.38. The van der Waals surface area contributed by atoms with E-state index in [4.69, 9.17) is 30.8 Å². The first kappa shape index (κ1) is 28.5. The Balaban J connectivity index is 1.65. The summed E-state index contributed by atoms with van der Waals surface area (Å²) in [6.07, 6.45) is 1.81. The fourth-order valence-corrected chi connectivity index (χ4v) is 4.23. The summed E-state index contributed by atoms with van der Waals surface area (Å²) < 4.78 is 17.8. The van der Waals surface area contributed by atoms with Gasteiger partial charge in [-0.05, 0) is 62.4 Å². The summed E-state index contributed by atoms with van der Waals surface area (Å²) in [4.78, 5) is 32.8. The van der Waals surface area contributed by atoms with E-state index in [-0.39, 0.29) is 24.4 Å². The van der Waals surface area contributed by atoms with Crippen molar-refractivity contribution in [3.63, 3.8) is 0 Å². The number of anilines is 1. The number of methoxy groups -OCH3 is 3. The number of carbonyl (C=O) groups is 2. The van der Waals surface area contributed by atoms with Crippen LogP contribution in [0, 0.1) is 0 Å². The predicted octanol–water partition coefficient (Wildman–Crippen LogP) is 5.71. The molecule has 0 fully saturated rings. The number of nitrogens with one attached hydrogen (secondary N) is 1. The van der Waals surface area contributed by atoms with Crippen molar-refractivity contribution < 1.29 is 23.8 Å². The molecule has 0 aliphatic rings. The Bertz CT molecular complexity index is 1480. The molecule has 40 heavy (non-hydrogen) atoms. The molecule has 0 radical (unpaired) electrons. The van der Waals surface area contributed by atoms with Gasteiger partial charge in [0.25, 0.3) is 5.91 Å². The zero-order valence-electron chi connectivity index (χ0n) is 23.0. The van der Waals surface area contributed by atoms with Gasteiger partial charge < -0.3 is 19.1 Å². The van der Waals surface area contributed by atoms with Gasteiger partial charge in [0.05, 0.1) is 32.7 Å². The fraction of sp³-hybridized carbons (Fsp3) is 0.233. The van der Waals surface area contributed by atoms with Crippen LogP contribution in [0.4, 0.5) is 5.95 Å². The number of benzene rings is 3. The molecule has 0 unspecified atom stereocenters. The summed E-state index contributed by atoms with van der Waals surface area (Å²) in [7, 11) is 4.68. The van der Waals surface area contributed by atoms with Crippen molar-refractivity contribution in [3.05, 3.63) is 83.5 Å². The Morgan fingerprint density at radius 3 is 2.20 bits per heavy atom. The van der Waals surface area contributed by atoms with E-state index < -0.39 is 5.91 Å². The number of aromatic nitrogens is 2. The number of carbonyl (C=O) groups excluding carboxylic acids is 2. The second-order valence-corrected chi connectivity index (χ2v) is 9.61. The Labute approximate surface area is 238 Å². The lowest BCUT2D eigenvalue weighted by Gasteiger charge is -2.26. The second kappa shape index (κ2) is 12.6. The molecule has 4 aromatic rings. The van der Waals surface area contributed by atoms with Crippen LogP contribution in [0.1, 0.15) is 24.2 Å². The Morgan fingerprint density at radius 2 is 1.60 bits per heavy atom. The van der Waals surface area contributed by atoms with E-state index in [1.807, 2.05) is 38.2 Å². The molecule has 0 saturated carbocycles. The molecule has 0 atom stereocenters. The van der Waals surface area contributed by atoms with Crippen LogP contribution in [-0.2, 0) is 4.79 Å². The summed E-state index contributed by atoms with van der Waals surface area (Å²) in [5.74, 6) is 1.35. The number of amides is 2. The molecule has 208 valence electrons. The zero-order chi connectivity index (χ0) is 28.8. The third kappa shape index (κ3) is 6.38. The monoisotopic (exact) mass is 562 g/mol. The van der Waals surface area contributed by atoms with Gasteiger partial charge in [-0.15, -0.1) is 0 Å². The molecule has 10 heteroatoms. The maximum absolute atomic E-state index is 13.3. The molecule has 0 saturated heterocycles. The SMILES string of the molecule is COc1ccc(C(=O)N(CC(=O)Nc2nc(-c3ccc(Cl)cc3)cn2-c2ccc(OC)c(OC)c2)C(C)C)cc1. The van der Waals surface area contributed by atoms with Crippen molar-refractivity contribution in [3.8, 4) is 34.2 Å². The first-order chi connectivity index (χ1) is 19.2. The molecule has 0 bridgehead atoms. The van der Waals surface area contributed by atoms with Crippen LogP contribution in [-0.4, -0.2) is 60.2 Å². The maximum atomic E-state index is 13.3. The minimum absolute atomic E-state index is 0.169. The number of halogens is 1. The van der Waals surface area contributed by atoms with E-state index in [2.05, 4.69) is 5.32 Å². The highest BCUT2D eigenvalue weighted by Gasteiger charge is 2.23. The summed E-state index contributed by atoms with van der Waals surface area (Å²) in [5.41, 5.74) is 2.59. The molecule has 1 N–H and O–H groups in total. The van der Waals surface area contributed by atoms with Crippen molar-refractivity contribution >= 4 is 29.4 Å². The first-order valence-corrected chi connectivity index (χ1v) is 12.9. The highest BCUT2D eigenvalue weighted by Crippen LogP contribution is 2.32. The second-order valence-electron chi connectivity index (χ2n) is 9.17. The normalized spacial score (nSPS) is 10.8. The molecule has 1 heterocycles. The van der Waals surface area contributed by atoms with Gasteiger partial charge in [-0.25, -0.2) is 4.98 Å². The van der Waals surface area contributed by atoms with Gasteiger partial charge >= 0.3 is 0 Å². The predicted molar refractivity (Wildman–Crippen MR) is 155 cm³/mol. The quantitative estimate of drug-likeness (QED) is 0.266. The molecule has 0 aliphatic carbocycles. The van der Waals surface area contributed by atoms with E-state index in [1.165, 1.54) is 4.90 Å². The van der Waals surface area contributed by atoms with Crippen LogP contribution in [0.25, 0.3) is 16.9 Å². The molecule has 1 aromatic heterocycles. The van der Waals surface area contributed by atoms with Gasteiger partial charge in [-0.1, -0.05) is 23.7 Å². The summed E-state index contributed by atoms with van der Waals surface area (Å²) in [5, 5.41) is 3.49. The first-order valence-electron chi connectivity index (χ1n) is 12.6. The number of hydrogen-bond acceptors (Lipinski definition) is 6. The Morgan fingerprint density at radius 1 is 0.925 bits per heavy atom. The van der Waals surface area contributed by atoms with Crippen molar-refractivity contribution in [2.75, 3.05) is 33.2 Å². The standard InChI is InChI=1S/C30H31ClN4O5/c1-19(2)34(29(37)21-8-13-24(38-3)14-9-21)18-28(36)33-30-32-25(20-6-10-22(31)11-7-20)17-35(30)23-12-15-26(39-4)27(16-23)40-5/h6-17,19H,18H2,1-5H3,(H,32,33,36). The fourth-order valence-electron chi connectivity index (χ4n) is 4.11. The van der Waals surface area contributed by atoms with Gasteiger partial charge in [0.1, 0.15) is 12.3 Å². The van der Waals surface area contributed by atoms with Crippen molar-refractivity contribution in [2.45, 2.75) is 19.9 Å². The van der Waals surface area contributed by atoms with Gasteiger partial charge in [0.2, 0.25) is 11.9 Å². The Kier molecular flexibility index (Phi) is 8.96. The van der Waals surface area contributed by atoms with Gasteiger partial charge in [-0.3, -0.25) is 19.5 Å². The minimum atomic E-state index is -0.398. The van der Waals surface area contributed by atoms with E-state index in [0.29, 0.717) is 39.2 Å². The lowest BCUT2D eigenvalue weighted by atomic mass is 10.1. The number of nitrogens with zero attached hydrogens (tertiary/aromatic N) is 3. The van der Waals surface area contributed by atoms with Crippen molar-refractivity contribution in [2.24, 2.45) is 0 Å². The number of rotatable bonds is 10. The lowest BCUT2D eigenvalue weighted by molar-refractivity contribution is -0.117. The summed E-state index contributed by atoms with van der Waals surface area (Å²) >= 11 is 6.07. The van der Waals surface area contributed by atoms with Crippen molar-refractivity contribution in [1.29, 1.82) is 0 Å². The molecule has 0 spiro atoms.